The molecule has 0 aromatic heterocycles. The molecule has 1 heterocycles. The van der Waals surface area contributed by atoms with E-state index < -0.39 is 0 Å². The predicted octanol–water partition coefficient (Wildman–Crippen LogP) is 5.52. The summed E-state index contributed by atoms with van der Waals surface area (Å²) >= 11 is 0. The number of amides is 1. The first kappa shape index (κ1) is 22.0. The Hall–Kier alpha value is -3.18. The van der Waals surface area contributed by atoms with Crippen LogP contribution in [0.2, 0.25) is 0 Å². The minimum Gasteiger partial charge on any atom is -0.457 e. The van der Waals surface area contributed by atoms with E-state index in [1.807, 2.05) is 24.3 Å². The summed E-state index contributed by atoms with van der Waals surface area (Å²) in [7, 11) is 0. The second-order valence-electron chi connectivity index (χ2n) is 8.95. The van der Waals surface area contributed by atoms with Gasteiger partial charge in [0.1, 0.15) is 17.3 Å². The molecular formula is C27H29FN2O2. The topological polar surface area (TPSA) is 55.6 Å². The molecule has 2 atom stereocenters. The smallest absolute Gasteiger partial charge is 0.248 e. The Balaban J connectivity index is 1.38. The third-order valence-electron chi connectivity index (χ3n) is 6.75. The lowest BCUT2D eigenvalue weighted by Gasteiger charge is -2.45. The number of hydrogen-bond donors (Lipinski definition) is 1. The Bertz CT molecular complexity index is 1080. The molecule has 0 radical (unpaired) electrons. The first-order valence-electron chi connectivity index (χ1n) is 11.0. The zero-order chi connectivity index (χ0) is 22.7. The molecule has 5 heteroatoms. The van der Waals surface area contributed by atoms with E-state index in [1.165, 1.54) is 23.3 Å². The standard InChI is InChI=1S/C27H29FN2O2/c1-19-17-30(15-14-27(19,2)22-5-3-4-21(16-22)26(29)31)18-20-6-10-24(11-7-20)32-25-12-8-23(28)9-13-25/h3-13,16,19H,14-15,17-18H2,1-2H3,(H2,29,31)/t19-,27+/m0/s1. The molecule has 4 rings (SSSR count). The van der Waals surface area contributed by atoms with Crippen molar-refractivity contribution in [2.75, 3.05) is 13.1 Å². The number of halogens is 1. The quantitative estimate of drug-likeness (QED) is 0.558. The summed E-state index contributed by atoms with van der Waals surface area (Å²) < 4.78 is 18.8. The lowest BCUT2D eigenvalue weighted by molar-refractivity contribution is 0.0996. The monoisotopic (exact) mass is 432 g/mol. The molecule has 0 unspecified atom stereocenters. The van der Waals surface area contributed by atoms with E-state index in [0.717, 1.165) is 31.8 Å². The number of benzene rings is 3. The lowest BCUT2D eigenvalue weighted by Crippen LogP contribution is -2.47. The van der Waals surface area contributed by atoms with Gasteiger partial charge in [-0.05, 0) is 84.0 Å². The summed E-state index contributed by atoms with van der Waals surface area (Å²) in [5.74, 6) is 1.12. The predicted molar refractivity (Wildman–Crippen MR) is 124 cm³/mol. The Kier molecular flexibility index (Phi) is 6.28. The number of rotatable bonds is 6. The maximum Gasteiger partial charge on any atom is 0.248 e. The Morgan fingerprint density at radius 2 is 1.75 bits per heavy atom. The summed E-state index contributed by atoms with van der Waals surface area (Å²) in [6, 6.07) is 21.8. The first-order valence-corrected chi connectivity index (χ1v) is 11.0. The van der Waals surface area contributed by atoms with Crippen LogP contribution in [0.1, 0.15) is 41.8 Å². The summed E-state index contributed by atoms with van der Waals surface area (Å²) in [5, 5.41) is 0. The van der Waals surface area contributed by atoms with Gasteiger partial charge >= 0.3 is 0 Å². The van der Waals surface area contributed by atoms with Gasteiger partial charge < -0.3 is 10.5 Å². The number of likely N-dealkylation sites (tertiary alicyclic amines) is 1. The van der Waals surface area contributed by atoms with Crippen LogP contribution in [-0.4, -0.2) is 23.9 Å². The van der Waals surface area contributed by atoms with Gasteiger partial charge in [-0.1, -0.05) is 38.1 Å². The van der Waals surface area contributed by atoms with Crippen LogP contribution in [0.15, 0.2) is 72.8 Å². The lowest BCUT2D eigenvalue weighted by atomic mass is 9.68. The summed E-state index contributed by atoms with van der Waals surface area (Å²) in [5.41, 5.74) is 8.47. The van der Waals surface area contributed by atoms with Gasteiger partial charge in [0.05, 0.1) is 0 Å². The molecule has 1 fully saturated rings. The van der Waals surface area contributed by atoms with Crippen molar-refractivity contribution in [1.29, 1.82) is 0 Å². The number of ether oxygens (including phenoxy) is 1. The summed E-state index contributed by atoms with van der Waals surface area (Å²) in [6.45, 7) is 7.40. The van der Waals surface area contributed by atoms with Crippen molar-refractivity contribution in [1.82, 2.24) is 4.90 Å². The minimum atomic E-state index is -0.382. The Morgan fingerprint density at radius 3 is 2.38 bits per heavy atom. The van der Waals surface area contributed by atoms with Crippen LogP contribution < -0.4 is 10.5 Å². The van der Waals surface area contributed by atoms with Gasteiger partial charge in [0, 0.05) is 18.7 Å². The molecule has 3 aromatic carbocycles. The van der Waals surface area contributed by atoms with E-state index in [0.29, 0.717) is 17.2 Å². The van der Waals surface area contributed by atoms with Crippen molar-refractivity contribution in [2.24, 2.45) is 11.7 Å². The van der Waals surface area contributed by atoms with Crippen LogP contribution in [0.4, 0.5) is 4.39 Å². The number of primary amides is 1. The van der Waals surface area contributed by atoms with E-state index in [-0.39, 0.29) is 17.1 Å². The summed E-state index contributed by atoms with van der Waals surface area (Å²) in [4.78, 5) is 14.1. The normalized spacial score (nSPS) is 21.3. The van der Waals surface area contributed by atoms with E-state index in [9.17, 15) is 9.18 Å². The SMILES string of the molecule is C[C@H]1CN(Cc2ccc(Oc3ccc(F)cc3)cc2)CC[C@@]1(C)c1cccc(C(N)=O)c1. The summed E-state index contributed by atoms with van der Waals surface area (Å²) in [6.07, 6.45) is 1.02. The number of nitrogens with two attached hydrogens (primary N) is 1. The van der Waals surface area contributed by atoms with E-state index in [2.05, 4.69) is 36.9 Å². The molecule has 32 heavy (non-hydrogen) atoms. The van der Waals surface area contributed by atoms with Crippen molar-refractivity contribution in [2.45, 2.75) is 32.2 Å². The van der Waals surface area contributed by atoms with Crippen molar-refractivity contribution in [3.05, 3.63) is 95.3 Å². The van der Waals surface area contributed by atoms with Crippen LogP contribution in [-0.2, 0) is 12.0 Å². The molecule has 1 saturated heterocycles. The molecule has 1 amide bonds. The van der Waals surface area contributed by atoms with E-state index in [1.54, 1.807) is 18.2 Å². The Labute approximate surface area is 188 Å². The molecule has 0 bridgehead atoms. The van der Waals surface area contributed by atoms with Crippen molar-refractivity contribution >= 4 is 5.91 Å². The van der Waals surface area contributed by atoms with Gasteiger partial charge in [-0.15, -0.1) is 0 Å². The third kappa shape index (κ3) is 4.83. The molecule has 166 valence electrons. The van der Waals surface area contributed by atoms with Crippen molar-refractivity contribution in [3.63, 3.8) is 0 Å². The van der Waals surface area contributed by atoms with Gasteiger partial charge in [-0.3, -0.25) is 9.69 Å². The highest BCUT2D eigenvalue weighted by Crippen LogP contribution is 2.40. The van der Waals surface area contributed by atoms with Crippen LogP contribution in [0, 0.1) is 11.7 Å². The Morgan fingerprint density at radius 1 is 1.09 bits per heavy atom. The van der Waals surface area contributed by atoms with Gasteiger partial charge in [0.25, 0.3) is 0 Å². The zero-order valence-electron chi connectivity index (χ0n) is 18.6. The fraction of sp³-hybridized carbons (Fsp3) is 0.296. The number of piperidine rings is 1. The van der Waals surface area contributed by atoms with Crippen molar-refractivity contribution in [3.8, 4) is 11.5 Å². The highest BCUT2D eigenvalue weighted by atomic mass is 19.1. The molecule has 3 aromatic rings. The van der Waals surface area contributed by atoms with Gasteiger partial charge in [0.15, 0.2) is 0 Å². The van der Waals surface area contributed by atoms with Crippen molar-refractivity contribution < 1.29 is 13.9 Å². The molecule has 0 spiro atoms. The number of carbonyl (C=O) groups excluding carboxylic acids is 1. The molecule has 0 aliphatic carbocycles. The second-order valence-corrected chi connectivity index (χ2v) is 8.95. The van der Waals surface area contributed by atoms with Crippen LogP contribution in [0.25, 0.3) is 0 Å². The van der Waals surface area contributed by atoms with Crippen LogP contribution >= 0.6 is 0 Å². The van der Waals surface area contributed by atoms with Crippen LogP contribution in [0.3, 0.4) is 0 Å². The third-order valence-corrected chi connectivity index (χ3v) is 6.75. The number of nitrogens with zero attached hydrogens (tertiary/aromatic N) is 1. The van der Waals surface area contributed by atoms with Gasteiger partial charge in [-0.25, -0.2) is 4.39 Å². The molecule has 4 nitrogen and oxygen atoms in total. The molecule has 0 saturated carbocycles. The first-order chi connectivity index (χ1) is 15.3. The van der Waals surface area contributed by atoms with Gasteiger partial charge in [0.2, 0.25) is 5.91 Å². The highest BCUT2D eigenvalue weighted by molar-refractivity contribution is 5.92. The molecule has 1 aliphatic heterocycles. The van der Waals surface area contributed by atoms with E-state index >= 15 is 0 Å². The molecule has 2 N–H and O–H groups in total. The number of hydrogen-bond acceptors (Lipinski definition) is 3. The average Bonchev–Trinajstić information content (AvgIpc) is 2.79. The highest BCUT2D eigenvalue weighted by Gasteiger charge is 2.38. The molecular weight excluding hydrogens is 403 g/mol. The average molecular weight is 433 g/mol. The molecule has 1 aliphatic rings. The maximum atomic E-state index is 13.0. The van der Waals surface area contributed by atoms with E-state index in [4.69, 9.17) is 10.5 Å². The fourth-order valence-electron chi connectivity index (χ4n) is 4.48. The van der Waals surface area contributed by atoms with Crippen LogP contribution in [0.5, 0.6) is 11.5 Å². The number of carbonyl (C=O) groups is 1. The van der Waals surface area contributed by atoms with Gasteiger partial charge in [-0.2, -0.15) is 0 Å². The fourth-order valence-corrected chi connectivity index (χ4v) is 4.48. The second kappa shape index (κ2) is 9.13. The maximum absolute atomic E-state index is 13.0. The largest absolute Gasteiger partial charge is 0.457 e. The minimum absolute atomic E-state index is 0.00875. The zero-order valence-corrected chi connectivity index (χ0v) is 18.6.